The molecule has 5 nitrogen and oxygen atoms in total. The van der Waals surface area contributed by atoms with Crippen LogP contribution in [0, 0.1) is 16.7 Å². The number of hydrogen-bond acceptors (Lipinski definition) is 5. The topological polar surface area (TPSA) is 72.8 Å². The summed E-state index contributed by atoms with van der Waals surface area (Å²) in [5.74, 6) is -1.21. The first-order valence-electron chi connectivity index (χ1n) is 9.94. The zero-order valence-electron chi connectivity index (χ0n) is 17.1. The predicted octanol–water partition coefficient (Wildman–Crippen LogP) is 3.65. The molecule has 3 aliphatic rings. The molecule has 0 spiro atoms. The maximum Gasteiger partial charge on any atom is 0.343 e. The fourth-order valence-electron chi connectivity index (χ4n) is 5.49. The predicted molar refractivity (Wildman–Crippen MR) is 106 cm³/mol. The van der Waals surface area contributed by atoms with Crippen molar-refractivity contribution in [2.75, 3.05) is 6.61 Å². The maximum atomic E-state index is 12.5. The number of cyclic esters (lactones) is 1. The lowest BCUT2D eigenvalue weighted by Gasteiger charge is -2.59. The van der Waals surface area contributed by atoms with Gasteiger partial charge in [0.05, 0.1) is 0 Å². The first-order valence-corrected chi connectivity index (χ1v) is 9.94. The summed E-state index contributed by atoms with van der Waals surface area (Å²) in [6, 6.07) is 0. The highest BCUT2D eigenvalue weighted by Gasteiger charge is 2.69. The second kappa shape index (κ2) is 7.36. The molecule has 152 valence electrons. The first-order chi connectivity index (χ1) is 13.2. The van der Waals surface area contributed by atoms with Crippen molar-refractivity contribution in [1.29, 1.82) is 0 Å². The number of esters is 2. The third kappa shape index (κ3) is 3.16. The Bertz CT molecular complexity index is 772. The zero-order valence-corrected chi connectivity index (χ0v) is 17.1. The highest BCUT2D eigenvalue weighted by atomic mass is 16.6. The largest absolute Gasteiger partial charge is 0.459 e. The highest BCUT2D eigenvalue weighted by molar-refractivity contribution is 5.88. The summed E-state index contributed by atoms with van der Waals surface area (Å²) in [6.45, 7) is 8.14. The Kier molecular flexibility index (Phi) is 5.41. The molecule has 0 aromatic heterocycles. The van der Waals surface area contributed by atoms with Crippen LogP contribution in [0.3, 0.4) is 0 Å². The van der Waals surface area contributed by atoms with Crippen molar-refractivity contribution in [3.05, 3.63) is 48.1 Å². The van der Waals surface area contributed by atoms with Crippen LogP contribution in [0.2, 0.25) is 0 Å². The molecule has 1 N–H and O–H groups in total. The number of rotatable bonds is 4. The van der Waals surface area contributed by atoms with Crippen molar-refractivity contribution in [3.8, 4) is 0 Å². The summed E-state index contributed by atoms with van der Waals surface area (Å²) in [5, 5.41) is 11.4. The molecule has 0 radical (unpaired) electrons. The third-order valence-corrected chi connectivity index (χ3v) is 6.70. The Hall–Kier alpha value is -2.14. The van der Waals surface area contributed by atoms with Gasteiger partial charge in [-0.15, -0.1) is 0 Å². The van der Waals surface area contributed by atoms with Crippen LogP contribution >= 0.6 is 0 Å². The summed E-state index contributed by atoms with van der Waals surface area (Å²) >= 11 is 0. The molecule has 0 bridgehead atoms. The van der Waals surface area contributed by atoms with Crippen LogP contribution in [0.4, 0.5) is 0 Å². The van der Waals surface area contributed by atoms with Crippen molar-refractivity contribution in [1.82, 2.24) is 0 Å². The van der Waals surface area contributed by atoms with Gasteiger partial charge in [0.25, 0.3) is 0 Å². The molecule has 1 saturated heterocycles. The molecule has 5 heteroatoms. The van der Waals surface area contributed by atoms with Crippen LogP contribution in [0.1, 0.15) is 47.0 Å². The third-order valence-electron chi connectivity index (χ3n) is 6.70. The molecule has 1 saturated carbocycles. The quantitative estimate of drug-likeness (QED) is 0.346. The summed E-state index contributed by atoms with van der Waals surface area (Å²) in [6.07, 6.45) is 14.1. The van der Waals surface area contributed by atoms with E-state index in [9.17, 15) is 14.7 Å². The van der Waals surface area contributed by atoms with Gasteiger partial charge in [-0.1, -0.05) is 57.6 Å². The Morgan fingerprint density at radius 2 is 1.93 bits per heavy atom. The molecular formula is C23H30O5. The fourth-order valence-corrected chi connectivity index (χ4v) is 5.49. The minimum atomic E-state index is -1.64. The van der Waals surface area contributed by atoms with Gasteiger partial charge >= 0.3 is 11.9 Å². The van der Waals surface area contributed by atoms with Gasteiger partial charge in [-0.05, 0) is 31.3 Å². The van der Waals surface area contributed by atoms with Gasteiger partial charge < -0.3 is 14.6 Å². The van der Waals surface area contributed by atoms with E-state index in [1.54, 1.807) is 18.2 Å². The second-order valence-corrected chi connectivity index (χ2v) is 8.89. The first kappa shape index (κ1) is 20.6. The number of fused-ring (bicyclic) bond motifs is 3. The molecular weight excluding hydrogens is 356 g/mol. The van der Waals surface area contributed by atoms with Crippen LogP contribution in [-0.2, 0) is 19.1 Å². The minimum absolute atomic E-state index is 0.0497. The molecule has 0 aromatic carbocycles. The average Bonchev–Trinajstić information content (AvgIpc) is 2.90. The number of ether oxygens (including phenoxy) is 2. The number of carbonyl (C=O) groups is 2. The molecule has 0 unspecified atom stereocenters. The Labute approximate surface area is 166 Å². The van der Waals surface area contributed by atoms with Crippen molar-refractivity contribution < 1.29 is 24.2 Å². The van der Waals surface area contributed by atoms with E-state index in [0.717, 1.165) is 12.8 Å². The number of hydrogen-bond donors (Lipinski definition) is 1. The van der Waals surface area contributed by atoms with E-state index in [0.29, 0.717) is 12.0 Å². The van der Waals surface area contributed by atoms with Gasteiger partial charge in [-0.25, -0.2) is 9.59 Å². The van der Waals surface area contributed by atoms with Crippen LogP contribution in [0.5, 0.6) is 0 Å². The number of carbonyl (C=O) groups excluding carboxylic acids is 2. The average molecular weight is 386 g/mol. The van der Waals surface area contributed by atoms with Crippen molar-refractivity contribution in [3.63, 3.8) is 0 Å². The zero-order chi connectivity index (χ0) is 20.6. The van der Waals surface area contributed by atoms with Gasteiger partial charge in [-0.2, -0.15) is 0 Å². The lowest BCUT2D eigenvalue weighted by molar-refractivity contribution is -0.194. The van der Waals surface area contributed by atoms with Crippen LogP contribution in [-0.4, -0.2) is 35.4 Å². The van der Waals surface area contributed by atoms with Gasteiger partial charge in [0.2, 0.25) is 0 Å². The monoisotopic (exact) mass is 386 g/mol. The van der Waals surface area contributed by atoms with E-state index in [2.05, 4.69) is 13.8 Å². The summed E-state index contributed by atoms with van der Waals surface area (Å²) < 4.78 is 11.0. The van der Waals surface area contributed by atoms with E-state index in [1.165, 1.54) is 6.08 Å². The maximum absolute atomic E-state index is 12.5. The lowest BCUT2D eigenvalue weighted by atomic mass is 9.46. The Balaban J connectivity index is 1.93. The normalized spacial score (nSPS) is 37.0. The molecule has 2 aliphatic carbocycles. The van der Waals surface area contributed by atoms with Crippen LogP contribution in [0.15, 0.2) is 48.1 Å². The molecule has 1 heterocycles. The van der Waals surface area contributed by atoms with Gasteiger partial charge in [0.15, 0.2) is 5.60 Å². The standard InChI is InChI=1S/C23H30O5/c1-5-6-7-8-9-11-18(24)28-17-14-16-15-27-20(25)23(16,26)22(4)13-10-12-21(2,3)19(17)22/h5-9,11,14,17,19,26H,10,12-13,15H2,1-4H3/b6-5+,8-7+,11-9+/t17-,19+,22+,23-/m0/s1. The van der Waals surface area contributed by atoms with Crippen LogP contribution < -0.4 is 0 Å². The Morgan fingerprint density at radius 3 is 2.64 bits per heavy atom. The van der Waals surface area contributed by atoms with Crippen molar-refractivity contribution in [2.45, 2.75) is 58.7 Å². The molecule has 3 rings (SSSR count). The number of aliphatic hydroxyl groups is 1. The molecule has 4 atom stereocenters. The SMILES string of the molecule is C/C=C/C=C/C=C/C(=O)O[C@H]1C=C2COC(=O)[C@]2(O)[C@]2(C)CCCC(C)(C)[C@@H]12. The Morgan fingerprint density at radius 1 is 1.21 bits per heavy atom. The highest BCUT2D eigenvalue weighted by Crippen LogP contribution is 2.63. The van der Waals surface area contributed by atoms with Gasteiger partial charge in [-0.3, -0.25) is 0 Å². The van der Waals surface area contributed by atoms with Crippen molar-refractivity contribution in [2.24, 2.45) is 16.7 Å². The molecule has 1 aliphatic heterocycles. The number of allylic oxidation sites excluding steroid dienone is 5. The van der Waals surface area contributed by atoms with E-state index >= 15 is 0 Å². The molecule has 0 aromatic rings. The van der Waals surface area contributed by atoms with Gasteiger partial charge in [0.1, 0.15) is 12.7 Å². The second-order valence-electron chi connectivity index (χ2n) is 8.89. The minimum Gasteiger partial charge on any atom is -0.459 e. The van der Waals surface area contributed by atoms with E-state index in [1.807, 2.05) is 32.1 Å². The lowest BCUT2D eigenvalue weighted by Crippen LogP contribution is -2.65. The smallest absolute Gasteiger partial charge is 0.343 e. The van der Waals surface area contributed by atoms with Crippen molar-refractivity contribution >= 4 is 11.9 Å². The van der Waals surface area contributed by atoms with E-state index in [-0.39, 0.29) is 17.9 Å². The summed E-state index contributed by atoms with van der Waals surface area (Å²) in [5.41, 5.74) is -2.06. The molecule has 0 amide bonds. The fraction of sp³-hybridized carbons (Fsp3) is 0.565. The summed E-state index contributed by atoms with van der Waals surface area (Å²) in [4.78, 5) is 24.9. The molecule has 28 heavy (non-hydrogen) atoms. The summed E-state index contributed by atoms with van der Waals surface area (Å²) in [7, 11) is 0. The van der Waals surface area contributed by atoms with E-state index < -0.39 is 29.1 Å². The van der Waals surface area contributed by atoms with E-state index in [4.69, 9.17) is 9.47 Å². The van der Waals surface area contributed by atoms with Gasteiger partial charge in [0, 0.05) is 23.0 Å². The molecule has 2 fully saturated rings. The van der Waals surface area contributed by atoms with Crippen LogP contribution in [0.25, 0.3) is 0 Å².